The molecule has 0 amide bonds. The van der Waals surface area contributed by atoms with Crippen molar-refractivity contribution < 1.29 is 9.47 Å². The van der Waals surface area contributed by atoms with Crippen LogP contribution in [0.4, 0.5) is 11.6 Å². The molecule has 1 N–H and O–H groups in total. The van der Waals surface area contributed by atoms with Crippen molar-refractivity contribution >= 4 is 17.3 Å². The third-order valence-corrected chi connectivity index (χ3v) is 6.39. The van der Waals surface area contributed by atoms with Gasteiger partial charge in [-0.3, -0.25) is 4.90 Å². The molecule has 0 atom stereocenters. The number of methoxy groups -OCH3 is 1. The van der Waals surface area contributed by atoms with Gasteiger partial charge in [0.1, 0.15) is 5.75 Å². The lowest BCUT2D eigenvalue weighted by Crippen LogP contribution is -2.35. The van der Waals surface area contributed by atoms with Crippen LogP contribution in [0.3, 0.4) is 0 Å². The van der Waals surface area contributed by atoms with Crippen LogP contribution >= 0.6 is 0 Å². The minimum Gasteiger partial charge on any atom is -0.494 e. The SMILES string of the molecule is COc1cc(Nc2nc3c(CN4CCOCC4)cnc(-c4ccccc4)n3n2)ccc1-n1cnc(C)c1. The van der Waals surface area contributed by atoms with Crippen molar-refractivity contribution in [2.24, 2.45) is 0 Å². The molecule has 1 aliphatic rings. The minimum atomic E-state index is 0.488. The molecule has 1 saturated heterocycles. The van der Waals surface area contributed by atoms with Gasteiger partial charge < -0.3 is 19.4 Å². The second-order valence-electron chi connectivity index (χ2n) is 8.97. The van der Waals surface area contributed by atoms with Gasteiger partial charge in [-0.2, -0.15) is 9.50 Å². The minimum absolute atomic E-state index is 0.488. The lowest BCUT2D eigenvalue weighted by Gasteiger charge is -2.26. The van der Waals surface area contributed by atoms with Gasteiger partial charge >= 0.3 is 0 Å². The van der Waals surface area contributed by atoms with Crippen molar-refractivity contribution in [1.29, 1.82) is 0 Å². The highest BCUT2D eigenvalue weighted by molar-refractivity contribution is 5.65. The van der Waals surface area contributed by atoms with Crippen LogP contribution in [0, 0.1) is 6.92 Å². The number of hydrogen-bond donors (Lipinski definition) is 1. The van der Waals surface area contributed by atoms with E-state index in [0.717, 1.165) is 72.5 Å². The molecule has 37 heavy (non-hydrogen) atoms. The number of aromatic nitrogens is 6. The molecule has 10 heteroatoms. The molecule has 1 aliphatic heterocycles. The normalized spacial score (nSPS) is 14.2. The van der Waals surface area contributed by atoms with Crippen LogP contribution in [-0.2, 0) is 11.3 Å². The van der Waals surface area contributed by atoms with Gasteiger partial charge in [0, 0.05) is 54.9 Å². The van der Waals surface area contributed by atoms with E-state index in [9.17, 15) is 0 Å². The first-order chi connectivity index (χ1) is 18.2. The molecule has 2 aromatic carbocycles. The van der Waals surface area contributed by atoms with E-state index in [1.165, 1.54) is 0 Å². The molecular formula is C27H28N8O2. The van der Waals surface area contributed by atoms with Gasteiger partial charge in [0.15, 0.2) is 11.5 Å². The number of benzene rings is 2. The summed E-state index contributed by atoms with van der Waals surface area (Å²) >= 11 is 0. The Balaban J connectivity index is 1.36. The van der Waals surface area contributed by atoms with Crippen LogP contribution in [0.5, 0.6) is 5.75 Å². The zero-order valence-electron chi connectivity index (χ0n) is 20.8. The highest BCUT2D eigenvalue weighted by Gasteiger charge is 2.18. The zero-order valence-corrected chi connectivity index (χ0v) is 20.8. The first-order valence-corrected chi connectivity index (χ1v) is 12.2. The maximum atomic E-state index is 5.67. The molecule has 188 valence electrons. The van der Waals surface area contributed by atoms with E-state index in [1.807, 2.05) is 76.9 Å². The zero-order chi connectivity index (χ0) is 25.2. The van der Waals surface area contributed by atoms with Crippen LogP contribution in [0.2, 0.25) is 0 Å². The topological polar surface area (TPSA) is 94.6 Å². The highest BCUT2D eigenvalue weighted by atomic mass is 16.5. The number of fused-ring (bicyclic) bond motifs is 1. The van der Waals surface area contributed by atoms with Gasteiger partial charge in [0.2, 0.25) is 5.95 Å². The second-order valence-corrected chi connectivity index (χ2v) is 8.97. The molecule has 0 spiro atoms. The molecule has 0 aliphatic carbocycles. The number of anilines is 2. The quantitative estimate of drug-likeness (QED) is 0.363. The van der Waals surface area contributed by atoms with Gasteiger partial charge in [0.25, 0.3) is 0 Å². The Morgan fingerprint density at radius 1 is 1.05 bits per heavy atom. The Morgan fingerprint density at radius 3 is 2.65 bits per heavy atom. The average Bonchev–Trinajstić information content (AvgIpc) is 3.56. The number of aryl methyl sites for hydroxylation is 1. The molecular weight excluding hydrogens is 468 g/mol. The summed E-state index contributed by atoms with van der Waals surface area (Å²) in [5, 5.41) is 8.16. The van der Waals surface area contributed by atoms with E-state index < -0.39 is 0 Å². The summed E-state index contributed by atoms with van der Waals surface area (Å²) in [7, 11) is 1.66. The number of imidazole rings is 1. The number of rotatable bonds is 7. The summed E-state index contributed by atoms with van der Waals surface area (Å²) in [6.45, 7) is 5.94. The second kappa shape index (κ2) is 10.00. The Kier molecular flexibility index (Phi) is 6.25. The summed E-state index contributed by atoms with van der Waals surface area (Å²) in [4.78, 5) is 16.3. The third-order valence-electron chi connectivity index (χ3n) is 6.39. The Morgan fingerprint density at radius 2 is 1.89 bits per heavy atom. The molecule has 3 aromatic heterocycles. The van der Waals surface area contributed by atoms with Crippen LogP contribution in [0.15, 0.2) is 67.3 Å². The van der Waals surface area contributed by atoms with Crippen LogP contribution in [0.25, 0.3) is 22.7 Å². The molecule has 0 unspecified atom stereocenters. The Bertz CT molecular complexity index is 1520. The fourth-order valence-corrected chi connectivity index (χ4v) is 4.52. The Labute approximate surface area is 214 Å². The lowest BCUT2D eigenvalue weighted by molar-refractivity contribution is 0.0342. The fraction of sp³-hybridized carbons (Fsp3) is 0.259. The maximum Gasteiger partial charge on any atom is 0.247 e. The smallest absolute Gasteiger partial charge is 0.247 e. The molecule has 5 aromatic rings. The Hall–Kier alpha value is -4.28. The predicted molar refractivity (Wildman–Crippen MR) is 140 cm³/mol. The molecule has 4 heterocycles. The maximum absolute atomic E-state index is 5.67. The number of ether oxygens (including phenoxy) is 2. The first kappa shape index (κ1) is 23.1. The van der Waals surface area contributed by atoms with Crippen molar-refractivity contribution in [3.63, 3.8) is 0 Å². The van der Waals surface area contributed by atoms with Gasteiger partial charge in [-0.15, -0.1) is 5.10 Å². The van der Waals surface area contributed by atoms with E-state index in [4.69, 9.17) is 24.5 Å². The number of nitrogens with one attached hydrogen (secondary N) is 1. The largest absolute Gasteiger partial charge is 0.494 e. The van der Waals surface area contributed by atoms with Gasteiger partial charge in [-0.05, 0) is 19.1 Å². The van der Waals surface area contributed by atoms with Crippen molar-refractivity contribution in [2.75, 3.05) is 38.7 Å². The molecule has 0 radical (unpaired) electrons. The molecule has 1 fully saturated rings. The van der Waals surface area contributed by atoms with E-state index in [1.54, 1.807) is 13.4 Å². The molecule has 10 nitrogen and oxygen atoms in total. The third kappa shape index (κ3) is 4.76. The van der Waals surface area contributed by atoms with Crippen molar-refractivity contribution in [3.05, 3.63) is 78.5 Å². The highest BCUT2D eigenvalue weighted by Crippen LogP contribution is 2.29. The number of nitrogens with zero attached hydrogens (tertiary/aromatic N) is 7. The monoisotopic (exact) mass is 496 g/mol. The number of hydrogen-bond acceptors (Lipinski definition) is 8. The van der Waals surface area contributed by atoms with Gasteiger partial charge in [0.05, 0.1) is 38.0 Å². The van der Waals surface area contributed by atoms with Gasteiger partial charge in [-0.25, -0.2) is 9.97 Å². The van der Waals surface area contributed by atoms with Crippen LogP contribution < -0.4 is 10.1 Å². The molecule has 0 saturated carbocycles. The van der Waals surface area contributed by atoms with Crippen LogP contribution in [0.1, 0.15) is 11.3 Å². The fourth-order valence-electron chi connectivity index (χ4n) is 4.52. The standard InChI is InChI=1S/C27H28N8O2/c1-19-16-34(18-29-19)23-9-8-22(14-24(23)36-2)30-27-31-26-21(17-33-10-12-37-13-11-33)15-28-25(35(26)32-27)20-6-4-3-5-7-20/h3-9,14-16,18H,10-13,17H2,1-2H3,(H,30,32). The van der Waals surface area contributed by atoms with E-state index in [2.05, 4.69) is 15.2 Å². The van der Waals surface area contributed by atoms with Crippen molar-refractivity contribution in [2.45, 2.75) is 13.5 Å². The van der Waals surface area contributed by atoms with Crippen LogP contribution in [-0.4, -0.2) is 67.4 Å². The van der Waals surface area contributed by atoms with E-state index in [-0.39, 0.29) is 0 Å². The summed E-state index contributed by atoms with van der Waals surface area (Å²) in [5.74, 6) is 1.94. The molecule has 0 bridgehead atoms. The van der Waals surface area contributed by atoms with Crippen molar-refractivity contribution in [3.8, 4) is 22.8 Å². The summed E-state index contributed by atoms with van der Waals surface area (Å²) in [5.41, 5.74) is 5.43. The van der Waals surface area contributed by atoms with E-state index in [0.29, 0.717) is 11.7 Å². The summed E-state index contributed by atoms with van der Waals surface area (Å²) in [6.07, 6.45) is 5.65. The van der Waals surface area contributed by atoms with Gasteiger partial charge in [-0.1, -0.05) is 30.3 Å². The lowest BCUT2D eigenvalue weighted by atomic mass is 10.2. The first-order valence-electron chi connectivity index (χ1n) is 12.2. The summed E-state index contributed by atoms with van der Waals surface area (Å²) < 4.78 is 14.9. The van der Waals surface area contributed by atoms with Crippen molar-refractivity contribution in [1.82, 2.24) is 34.0 Å². The molecule has 6 rings (SSSR count). The number of morpholine rings is 1. The summed E-state index contributed by atoms with van der Waals surface area (Å²) in [6, 6.07) is 15.9. The average molecular weight is 497 g/mol. The van der Waals surface area contributed by atoms with E-state index >= 15 is 0 Å². The predicted octanol–water partition coefficient (Wildman–Crippen LogP) is 3.87.